The fourth-order valence-corrected chi connectivity index (χ4v) is 2.46. The summed E-state index contributed by atoms with van der Waals surface area (Å²) in [5.74, 6) is 2.43. The first-order chi connectivity index (χ1) is 9.71. The minimum Gasteiger partial charge on any atom is -0.354 e. The van der Waals surface area contributed by atoms with Gasteiger partial charge in [0.1, 0.15) is 0 Å². The van der Waals surface area contributed by atoms with Gasteiger partial charge in [0.05, 0.1) is 0 Å². The molecule has 0 bridgehead atoms. The van der Waals surface area contributed by atoms with Crippen LogP contribution in [0.25, 0.3) is 0 Å². The van der Waals surface area contributed by atoms with Gasteiger partial charge >= 0.3 is 0 Å². The summed E-state index contributed by atoms with van der Waals surface area (Å²) < 4.78 is 0. The van der Waals surface area contributed by atoms with E-state index < -0.39 is 0 Å². The minimum absolute atomic E-state index is 0.242. The molecule has 0 saturated heterocycles. The molecule has 0 spiro atoms. The van der Waals surface area contributed by atoms with Crippen molar-refractivity contribution >= 4 is 35.3 Å². The van der Waals surface area contributed by atoms with Crippen molar-refractivity contribution in [1.29, 1.82) is 0 Å². The van der Waals surface area contributed by atoms with Crippen molar-refractivity contribution in [2.45, 2.75) is 33.1 Å². The van der Waals surface area contributed by atoms with E-state index in [9.17, 15) is 0 Å². The van der Waals surface area contributed by atoms with Gasteiger partial charge in [0.15, 0.2) is 0 Å². The zero-order valence-corrected chi connectivity index (χ0v) is 14.1. The first-order valence-corrected chi connectivity index (χ1v) is 8.87. The van der Waals surface area contributed by atoms with Gasteiger partial charge in [0.25, 0.3) is 0 Å². The average Bonchev–Trinajstić information content (AvgIpc) is 2.43. The summed E-state index contributed by atoms with van der Waals surface area (Å²) in [6.07, 6.45) is 5.73. The molecule has 0 amide bonds. The first kappa shape index (κ1) is 17.3. The van der Waals surface area contributed by atoms with Gasteiger partial charge in [-0.05, 0) is 50.3 Å². The second-order valence-corrected chi connectivity index (χ2v) is 5.70. The van der Waals surface area contributed by atoms with Crippen molar-refractivity contribution in [3.05, 3.63) is 5.28 Å². The molecule has 0 saturated carbocycles. The summed E-state index contributed by atoms with van der Waals surface area (Å²) in [7, 11) is 0. The SMILES string of the molecule is CCN(CC)c1nc(Cl)nc(NCCCCCSC)n1. The molecule has 0 aromatic carbocycles. The number of unbranched alkanes of at least 4 members (excludes halogenated alkanes) is 2. The van der Waals surface area contributed by atoms with Crippen molar-refractivity contribution in [2.24, 2.45) is 0 Å². The number of anilines is 2. The van der Waals surface area contributed by atoms with Gasteiger partial charge in [-0.1, -0.05) is 6.42 Å². The number of hydrogen-bond acceptors (Lipinski definition) is 6. The van der Waals surface area contributed by atoms with Gasteiger partial charge in [-0.25, -0.2) is 0 Å². The molecule has 0 fully saturated rings. The van der Waals surface area contributed by atoms with Crippen LogP contribution in [-0.4, -0.2) is 46.6 Å². The molecule has 1 aromatic rings. The van der Waals surface area contributed by atoms with Crippen molar-refractivity contribution in [3.8, 4) is 0 Å². The highest BCUT2D eigenvalue weighted by atomic mass is 35.5. The summed E-state index contributed by atoms with van der Waals surface area (Å²) in [6, 6.07) is 0. The van der Waals surface area contributed by atoms with Gasteiger partial charge in [0, 0.05) is 19.6 Å². The summed E-state index contributed by atoms with van der Waals surface area (Å²) in [4.78, 5) is 14.8. The van der Waals surface area contributed by atoms with Crippen molar-refractivity contribution in [3.63, 3.8) is 0 Å². The Bertz CT molecular complexity index is 387. The fourth-order valence-electron chi connectivity index (χ4n) is 1.81. The third-order valence-electron chi connectivity index (χ3n) is 2.95. The first-order valence-electron chi connectivity index (χ1n) is 7.10. The highest BCUT2D eigenvalue weighted by molar-refractivity contribution is 7.98. The van der Waals surface area contributed by atoms with Crippen LogP contribution in [0, 0.1) is 0 Å². The molecule has 20 heavy (non-hydrogen) atoms. The molecule has 0 atom stereocenters. The maximum atomic E-state index is 5.96. The lowest BCUT2D eigenvalue weighted by atomic mass is 10.2. The predicted octanol–water partition coefficient (Wildman–Crippen LogP) is 3.32. The zero-order chi connectivity index (χ0) is 14.8. The van der Waals surface area contributed by atoms with Crippen LogP contribution in [0.2, 0.25) is 5.28 Å². The van der Waals surface area contributed by atoms with Crippen molar-refractivity contribution in [2.75, 3.05) is 41.9 Å². The fraction of sp³-hybridized carbons (Fsp3) is 0.769. The van der Waals surface area contributed by atoms with E-state index in [-0.39, 0.29) is 5.28 Å². The van der Waals surface area contributed by atoms with E-state index in [0.717, 1.165) is 26.1 Å². The summed E-state index contributed by atoms with van der Waals surface area (Å²) in [6.45, 7) is 6.71. The van der Waals surface area contributed by atoms with Gasteiger partial charge in [-0.2, -0.15) is 26.7 Å². The summed E-state index contributed by atoms with van der Waals surface area (Å²) in [5.41, 5.74) is 0. The highest BCUT2D eigenvalue weighted by Crippen LogP contribution is 2.13. The van der Waals surface area contributed by atoms with Crippen LogP contribution < -0.4 is 10.2 Å². The Balaban J connectivity index is 2.49. The maximum absolute atomic E-state index is 5.96. The van der Waals surface area contributed by atoms with Crippen molar-refractivity contribution in [1.82, 2.24) is 15.0 Å². The molecule has 7 heteroatoms. The second kappa shape index (κ2) is 10.0. The Morgan fingerprint density at radius 2 is 1.85 bits per heavy atom. The van der Waals surface area contributed by atoms with E-state index in [1.54, 1.807) is 0 Å². The molecule has 0 aliphatic heterocycles. The van der Waals surface area contributed by atoms with Crippen LogP contribution in [0.1, 0.15) is 33.1 Å². The number of halogens is 1. The number of nitrogens with one attached hydrogen (secondary N) is 1. The molecule has 0 radical (unpaired) electrons. The van der Waals surface area contributed by atoms with E-state index in [0.29, 0.717) is 11.9 Å². The average molecular weight is 318 g/mol. The molecule has 1 rings (SSSR count). The molecule has 0 unspecified atom stereocenters. The molecule has 5 nitrogen and oxygen atoms in total. The lowest BCUT2D eigenvalue weighted by Crippen LogP contribution is -2.25. The number of thioether (sulfide) groups is 1. The van der Waals surface area contributed by atoms with E-state index in [4.69, 9.17) is 11.6 Å². The van der Waals surface area contributed by atoms with E-state index in [1.807, 2.05) is 11.8 Å². The van der Waals surface area contributed by atoms with E-state index in [2.05, 4.69) is 45.3 Å². The number of aromatic nitrogens is 3. The minimum atomic E-state index is 0.242. The Kier molecular flexibility index (Phi) is 8.69. The smallest absolute Gasteiger partial charge is 0.231 e. The number of nitrogens with zero attached hydrogens (tertiary/aromatic N) is 4. The van der Waals surface area contributed by atoms with Crippen molar-refractivity contribution < 1.29 is 0 Å². The largest absolute Gasteiger partial charge is 0.354 e. The Morgan fingerprint density at radius 1 is 1.10 bits per heavy atom. The molecular weight excluding hydrogens is 294 g/mol. The zero-order valence-electron chi connectivity index (χ0n) is 12.5. The van der Waals surface area contributed by atoms with E-state index >= 15 is 0 Å². The van der Waals surface area contributed by atoms with Gasteiger partial charge in [0.2, 0.25) is 17.2 Å². The predicted molar refractivity (Wildman–Crippen MR) is 89.1 cm³/mol. The topological polar surface area (TPSA) is 53.9 Å². The number of rotatable bonds is 10. The molecule has 1 heterocycles. The lowest BCUT2D eigenvalue weighted by Gasteiger charge is -2.18. The summed E-state index contributed by atoms with van der Waals surface area (Å²) in [5, 5.41) is 3.47. The third kappa shape index (κ3) is 6.13. The quantitative estimate of drug-likeness (QED) is 0.668. The van der Waals surface area contributed by atoms with Gasteiger partial charge in [-0.15, -0.1) is 0 Å². The van der Waals surface area contributed by atoms with Crippen LogP contribution in [0.3, 0.4) is 0 Å². The second-order valence-electron chi connectivity index (χ2n) is 4.38. The highest BCUT2D eigenvalue weighted by Gasteiger charge is 2.09. The molecule has 0 aliphatic carbocycles. The Labute approximate surface area is 130 Å². The van der Waals surface area contributed by atoms with Crippen LogP contribution in [0.4, 0.5) is 11.9 Å². The monoisotopic (exact) mass is 317 g/mol. The Hall–Kier alpha value is -0.750. The van der Waals surface area contributed by atoms with E-state index in [1.165, 1.54) is 18.6 Å². The molecule has 1 aromatic heterocycles. The standard InChI is InChI=1S/C13H24ClN5S/c1-4-19(5-2)13-17-11(14)16-12(18-13)15-9-7-6-8-10-20-3/h4-10H2,1-3H3,(H,15,16,17,18). The normalized spacial score (nSPS) is 10.6. The maximum Gasteiger partial charge on any atom is 0.231 e. The van der Waals surface area contributed by atoms with Gasteiger partial charge < -0.3 is 10.2 Å². The summed E-state index contributed by atoms with van der Waals surface area (Å²) >= 11 is 7.85. The van der Waals surface area contributed by atoms with Gasteiger partial charge in [-0.3, -0.25) is 0 Å². The number of hydrogen-bond donors (Lipinski definition) is 1. The lowest BCUT2D eigenvalue weighted by molar-refractivity contribution is 0.743. The third-order valence-corrected chi connectivity index (χ3v) is 3.82. The molecular formula is C13H24ClN5S. The molecule has 114 valence electrons. The van der Waals surface area contributed by atoms with Crippen LogP contribution in [-0.2, 0) is 0 Å². The van der Waals surface area contributed by atoms with Crippen LogP contribution in [0.15, 0.2) is 0 Å². The van der Waals surface area contributed by atoms with Crippen LogP contribution in [0.5, 0.6) is 0 Å². The Morgan fingerprint density at radius 3 is 2.50 bits per heavy atom. The van der Waals surface area contributed by atoms with Crippen LogP contribution >= 0.6 is 23.4 Å². The molecule has 1 N–H and O–H groups in total. The molecule has 0 aliphatic rings.